The van der Waals surface area contributed by atoms with E-state index in [-0.39, 0.29) is 35.8 Å². The number of aromatic nitrogens is 2. The van der Waals surface area contributed by atoms with Gasteiger partial charge in [-0.2, -0.15) is 5.10 Å². The zero-order valence-corrected chi connectivity index (χ0v) is 19.8. The van der Waals surface area contributed by atoms with Crippen LogP contribution < -0.4 is 10.1 Å². The first-order chi connectivity index (χ1) is 16.6. The standard InChI is InChI=1S/C25H30F3N3O4/c1-3-34-24(33)19-8-5-7-18(10-11-19)16(2)21-12-13-22(31-30-21)29-23(32)15-17-6-4-9-20(14-17)35-25(26,27)28/h4,6,9,12-14,16,18-19H,3,5,7-8,10-11,15H2,1-2H3,(H,29,31,32). The molecule has 1 amide bonds. The second-order valence-electron chi connectivity index (χ2n) is 8.77. The summed E-state index contributed by atoms with van der Waals surface area (Å²) >= 11 is 0. The van der Waals surface area contributed by atoms with Gasteiger partial charge in [0, 0.05) is 5.92 Å². The molecule has 1 aromatic carbocycles. The van der Waals surface area contributed by atoms with E-state index < -0.39 is 12.3 Å². The average molecular weight is 494 g/mol. The van der Waals surface area contributed by atoms with Gasteiger partial charge in [-0.1, -0.05) is 25.5 Å². The fourth-order valence-electron chi connectivity index (χ4n) is 4.44. The number of ether oxygens (including phenoxy) is 2. The molecular formula is C25H30F3N3O4. The molecule has 7 nitrogen and oxygen atoms in total. The molecule has 0 spiro atoms. The van der Waals surface area contributed by atoms with Crippen LogP contribution in [0.15, 0.2) is 36.4 Å². The molecule has 1 aliphatic carbocycles. The van der Waals surface area contributed by atoms with Crippen LogP contribution >= 0.6 is 0 Å². The minimum absolute atomic E-state index is 0.0449. The number of rotatable bonds is 8. The number of anilines is 1. The van der Waals surface area contributed by atoms with Crippen molar-refractivity contribution in [3.8, 4) is 5.75 Å². The predicted octanol–water partition coefficient (Wildman–Crippen LogP) is 5.42. The van der Waals surface area contributed by atoms with E-state index in [9.17, 15) is 22.8 Å². The molecule has 0 aliphatic heterocycles. The van der Waals surface area contributed by atoms with E-state index in [1.165, 1.54) is 18.2 Å². The van der Waals surface area contributed by atoms with Crippen molar-refractivity contribution in [1.82, 2.24) is 10.2 Å². The summed E-state index contributed by atoms with van der Waals surface area (Å²) in [4.78, 5) is 24.4. The Morgan fingerprint density at radius 1 is 1.11 bits per heavy atom. The van der Waals surface area contributed by atoms with Gasteiger partial charge in [0.25, 0.3) is 0 Å². The summed E-state index contributed by atoms with van der Waals surface area (Å²) in [6.45, 7) is 4.30. The number of halogens is 3. The summed E-state index contributed by atoms with van der Waals surface area (Å²) in [6.07, 6.45) is -0.451. The van der Waals surface area contributed by atoms with Gasteiger partial charge < -0.3 is 14.8 Å². The van der Waals surface area contributed by atoms with Gasteiger partial charge in [-0.15, -0.1) is 18.3 Å². The molecule has 0 saturated heterocycles. The summed E-state index contributed by atoms with van der Waals surface area (Å²) in [5.41, 5.74) is 1.18. The van der Waals surface area contributed by atoms with E-state index in [2.05, 4.69) is 27.2 Å². The fraction of sp³-hybridized carbons (Fsp3) is 0.520. The minimum Gasteiger partial charge on any atom is -0.466 e. The van der Waals surface area contributed by atoms with Gasteiger partial charge in [-0.25, -0.2) is 0 Å². The van der Waals surface area contributed by atoms with Crippen molar-refractivity contribution in [2.45, 2.75) is 64.7 Å². The highest BCUT2D eigenvalue weighted by Gasteiger charge is 2.31. The summed E-state index contributed by atoms with van der Waals surface area (Å²) in [5, 5.41) is 11.0. The van der Waals surface area contributed by atoms with Crippen molar-refractivity contribution in [3.05, 3.63) is 47.7 Å². The van der Waals surface area contributed by atoms with Crippen molar-refractivity contribution in [1.29, 1.82) is 0 Å². The Morgan fingerprint density at radius 2 is 1.91 bits per heavy atom. The Kier molecular flexibility index (Phi) is 9.06. The van der Waals surface area contributed by atoms with Gasteiger partial charge in [-0.05, 0) is 68.4 Å². The number of nitrogens with one attached hydrogen (secondary N) is 1. The van der Waals surface area contributed by atoms with Gasteiger partial charge in [0.1, 0.15) is 5.75 Å². The second-order valence-corrected chi connectivity index (χ2v) is 8.77. The van der Waals surface area contributed by atoms with Crippen LogP contribution in [-0.4, -0.2) is 35.0 Å². The molecule has 0 radical (unpaired) electrons. The third kappa shape index (κ3) is 8.22. The van der Waals surface area contributed by atoms with Crippen molar-refractivity contribution in [2.24, 2.45) is 11.8 Å². The molecule has 1 saturated carbocycles. The van der Waals surface area contributed by atoms with Crippen LogP contribution in [0.4, 0.5) is 19.0 Å². The summed E-state index contributed by atoms with van der Waals surface area (Å²) in [5.74, 6) is -0.195. The first-order valence-electron chi connectivity index (χ1n) is 11.8. The molecule has 190 valence electrons. The number of hydrogen-bond donors (Lipinski definition) is 1. The molecule has 1 aliphatic rings. The molecule has 3 atom stereocenters. The lowest BCUT2D eigenvalue weighted by atomic mass is 9.85. The molecule has 3 unspecified atom stereocenters. The van der Waals surface area contributed by atoms with Crippen molar-refractivity contribution >= 4 is 17.7 Å². The lowest BCUT2D eigenvalue weighted by Crippen LogP contribution is -2.18. The van der Waals surface area contributed by atoms with Crippen LogP contribution in [0.3, 0.4) is 0 Å². The number of esters is 1. The Morgan fingerprint density at radius 3 is 2.60 bits per heavy atom. The number of nitrogens with zero attached hydrogens (tertiary/aromatic N) is 2. The maximum absolute atomic E-state index is 12.4. The lowest BCUT2D eigenvalue weighted by Gasteiger charge is -2.21. The Bertz CT molecular complexity index is 998. The first-order valence-corrected chi connectivity index (χ1v) is 11.8. The highest BCUT2D eigenvalue weighted by atomic mass is 19.4. The van der Waals surface area contributed by atoms with Crippen LogP contribution in [0.5, 0.6) is 5.75 Å². The van der Waals surface area contributed by atoms with Gasteiger partial charge in [-0.3, -0.25) is 9.59 Å². The average Bonchev–Trinajstić information content (AvgIpc) is 3.05. The van der Waals surface area contributed by atoms with E-state index in [4.69, 9.17) is 4.74 Å². The van der Waals surface area contributed by atoms with Gasteiger partial charge in [0.15, 0.2) is 5.82 Å². The Hall–Kier alpha value is -3.17. The van der Waals surface area contributed by atoms with Gasteiger partial charge in [0.05, 0.1) is 24.6 Å². The Labute approximate surface area is 202 Å². The smallest absolute Gasteiger partial charge is 0.466 e. The van der Waals surface area contributed by atoms with Gasteiger partial charge >= 0.3 is 12.3 Å². The number of carbonyl (C=O) groups excluding carboxylic acids is 2. The molecule has 3 rings (SSSR count). The number of alkyl halides is 3. The summed E-state index contributed by atoms with van der Waals surface area (Å²) in [7, 11) is 0. The molecule has 35 heavy (non-hydrogen) atoms. The largest absolute Gasteiger partial charge is 0.573 e. The number of carbonyl (C=O) groups is 2. The summed E-state index contributed by atoms with van der Waals surface area (Å²) < 4.78 is 46.2. The van der Waals surface area contributed by atoms with Crippen molar-refractivity contribution in [2.75, 3.05) is 11.9 Å². The molecule has 1 fully saturated rings. The Balaban J connectivity index is 1.54. The SMILES string of the molecule is CCOC(=O)C1CCCC(C(C)c2ccc(NC(=O)Cc3cccc(OC(F)(F)F)c3)nn2)CC1. The summed E-state index contributed by atoms with van der Waals surface area (Å²) in [6, 6.07) is 8.76. The lowest BCUT2D eigenvalue weighted by molar-refractivity contribution is -0.274. The topological polar surface area (TPSA) is 90.4 Å². The molecule has 1 N–H and O–H groups in total. The zero-order chi connectivity index (χ0) is 25.4. The monoisotopic (exact) mass is 493 g/mol. The second kappa shape index (κ2) is 12.0. The highest BCUT2D eigenvalue weighted by Crippen LogP contribution is 2.36. The fourth-order valence-corrected chi connectivity index (χ4v) is 4.44. The van der Waals surface area contributed by atoms with E-state index in [0.717, 1.165) is 37.8 Å². The van der Waals surface area contributed by atoms with Gasteiger partial charge in [0.2, 0.25) is 5.91 Å². The molecule has 2 aromatic rings. The van der Waals surface area contributed by atoms with Crippen molar-refractivity contribution < 1.29 is 32.2 Å². The third-order valence-corrected chi connectivity index (χ3v) is 6.26. The molecule has 0 bridgehead atoms. The van der Waals surface area contributed by atoms with E-state index in [0.29, 0.717) is 18.1 Å². The van der Waals surface area contributed by atoms with Crippen LogP contribution in [-0.2, 0) is 20.7 Å². The number of amides is 1. The maximum atomic E-state index is 12.4. The van der Waals surface area contributed by atoms with Crippen LogP contribution in [0, 0.1) is 11.8 Å². The molecule has 1 aromatic heterocycles. The maximum Gasteiger partial charge on any atom is 0.573 e. The predicted molar refractivity (Wildman–Crippen MR) is 123 cm³/mol. The van der Waals surface area contributed by atoms with Crippen LogP contribution in [0.1, 0.15) is 63.1 Å². The number of hydrogen-bond acceptors (Lipinski definition) is 6. The third-order valence-electron chi connectivity index (χ3n) is 6.26. The van der Waals surface area contributed by atoms with Crippen LogP contribution in [0.25, 0.3) is 0 Å². The normalized spacial score (nSPS) is 19.3. The van der Waals surface area contributed by atoms with Crippen molar-refractivity contribution in [3.63, 3.8) is 0 Å². The molecular weight excluding hydrogens is 463 g/mol. The quantitative estimate of drug-likeness (QED) is 0.390. The van der Waals surface area contributed by atoms with Crippen LogP contribution in [0.2, 0.25) is 0 Å². The minimum atomic E-state index is -4.80. The first kappa shape index (κ1) is 26.4. The van der Waals surface area contributed by atoms with E-state index in [1.807, 2.05) is 13.0 Å². The highest BCUT2D eigenvalue weighted by molar-refractivity contribution is 5.91. The van der Waals surface area contributed by atoms with E-state index in [1.54, 1.807) is 12.1 Å². The number of benzene rings is 1. The molecule has 1 heterocycles. The zero-order valence-electron chi connectivity index (χ0n) is 19.8. The molecule has 10 heteroatoms. The van der Waals surface area contributed by atoms with E-state index >= 15 is 0 Å².